The first-order chi connectivity index (χ1) is 9.17. The summed E-state index contributed by atoms with van der Waals surface area (Å²) in [6.07, 6.45) is 5.86. The van der Waals surface area contributed by atoms with Crippen molar-refractivity contribution in [3.05, 3.63) is 0 Å². The van der Waals surface area contributed by atoms with Gasteiger partial charge < -0.3 is 14.7 Å². The Balaban J connectivity index is 1.57. The Morgan fingerprint density at radius 2 is 2.21 bits per heavy atom. The third-order valence-corrected chi connectivity index (χ3v) is 5.35. The number of carbonyl (C=O) groups excluding carboxylic acids is 1. The Morgan fingerprint density at radius 3 is 2.84 bits per heavy atom. The molecule has 1 saturated heterocycles. The zero-order valence-corrected chi connectivity index (χ0v) is 11.8. The van der Waals surface area contributed by atoms with Crippen LogP contribution in [0, 0.1) is 17.8 Å². The van der Waals surface area contributed by atoms with E-state index in [9.17, 15) is 9.90 Å². The predicted molar refractivity (Wildman–Crippen MR) is 71.6 cm³/mol. The summed E-state index contributed by atoms with van der Waals surface area (Å²) >= 11 is 0. The molecule has 1 heterocycles. The molecule has 2 saturated carbocycles. The monoisotopic (exact) mass is 267 g/mol. The van der Waals surface area contributed by atoms with E-state index in [0.29, 0.717) is 25.5 Å². The summed E-state index contributed by atoms with van der Waals surface area (Å²) in [4.78, 5) is 14.4. The van der Waals surface area contributed by atoms with E-state index in [1.54, 1.807) is 0 Å². The second kappa shape index (κ2) is 5.41. The number of hydrogen-bond donors (Lipinski definition) is 1. The summed E-state index contributed by atoms with van der Waals surface area (Å²) in [5.41, 5.74) is 0. The number of morpholine rings is 1. The molecule has 3 rings (SSSR count). The lowest BCUT2D eigenvalue weighted by Gasteiger charge is -2.38. The summed E-state index contributed by atoms with van der Waals surface area (Å²) < 4.78 is 5.50. The fourth-order valence-corrected chi connectivity index (χ4v) is 4.24. The number of nitrogens with zero attached hydrogens (tertiary/aromatic N) is 1. The third kappa shape index (κ3) is 2.65. The van der Waals surface area contributed by atoms with Gasteiger partial charge in [0.05, 0.1) is 25.4 Å². The van der Waals surface area contributed by atoms with Gasteiger partial charge in [0.2, 0.25) is 5.91 Å². The molecule has 0 aromatic heterocycles. The average Bonchev–Trinajstić information content (AvgIpc) is 3.01. The molecule has 1 amide bonds. The molecule has 3 aliphatic rings. The highest BCUT2D eigenvalue weighted by Gasteiger charge is 2.41. The van der Waals surface area contributed by atoms with Crippen LogP contribution in [-0.4, -0.2) is 47.8 Å². The molecule has 0 aromatic rings. The predicted octanol–water partition coefficient (Wildman–Crippen LogP) is 1.42. The van der Waals surface area contributed by atoms with E-state index in [-0.39, 0.29) is 24.7 Å². The number of hydrogen-bond acceptors (Lipinski definition) is 3. The Morgan fingerprint density at radius 1 is 1.37 bits per heavy atom. The summed E-state index contributed by atoms with van der Waals surface area (Å²) in [5, 5.41) is 9.18. The van der Waals surface area contributed by atoms with Crippen LogP contribution >= 0.6 is 0 Å². The summed E-state index contributed by atoms with van der Waals surface area (Å²) in [7, 11) is 0. The van der Waals surface area contributed by atoms with Crippen molar-refractivity contribution < 1.29 is 14.6 Å². The maximum atomic E-state index is 12.5. The standard InChI is InChI=1S/C15H25NO3/c1-10-9-19-14(8-17)7-16(10)15(18)6-13-5-11-2-3-12(13)4-11/h10-14,17H,2-9H2,1H3. The number of rotatable bonds is 3. The van der Waals surface area contributed by atoms with Crippen molar-refractivity contribution in [3.8, 4) is 0 Å². The molecule has 4 heteroatoms. The lowest BCUT2D eigenvalue weighted by atomic mass is 9.86. The second-order valence-electron chi connectivity index (χ2n) is 6.67. The van der Waals surface area contributed by atoms with Gasteiger partial charge in [-0.05, 0) is 43.9 Å². The molecule has 1 aliphatic heterocycles. The number of carbonyl (C=O) groups is 1. The molecule has 3 fully saturated rings. The Hall–Kier alpha value is -0.610. The number of aliphatic hydroxyl groups excluding tert-OH is 1. The minimum absolute atomic E-state index is 0.00459. The summed E-state index contributed by atoms with van der Waals surface area (Å²) in [6.45, 7) is 3.14. The van der Waals surface area contributed by atoms with E-state index in [0.717, 1.165) is 11.8 Å². The largest absolute Gasteiger partial charge is 0.394 e. The smallest absolute Gasteiger partial charge is 0.223 e. The van der Waals surface area contributed by atoms with E-state index in [2.05, 4.69) is 0 Å². The fraction of sp³-hybridized carbons (Fsp3) is 0.933. The van der Waals surface area contributed by atoms with Crippen LogP contribution in [0.15, 0.2) is 0 Å². The molecular weight excluding hydrogens is 242 g/mol. The molecule has 4 nitrogen and oxygen atoms in total. The summed E-state index contributed by atoms with van der Waals surface area (Å²) in [6, 6.07) is 0.147. The van der Waals surface area contributed by atoms with Crippen molar-refractivity contribution in [1.29, 1.82) is 0 Å². The molecule has 1 N–H and O–H groups in total. The first kappa shape index (κ1) is 13.4. The first-order valence-electron chi connectivity index (χ1n) is 7.69. The molecule has 0 aromatic carbocycles. The van der Waals surface area contributed by atoms with Crippen LogP contribution < -0.4 is 0 Å². The lowest BCUT2D eigenvalue weighted by Crippen LogP contribution is -2.52. The zero-order chi connectivity index (χ0) is 13.4. The van der Waals surface area contributed by atoms with Crippen molar-refractivity contribution in [2.45, 2.75) is 51.2 Å². The average molecular weight is 267 g/mol. The van der Waals surface area contributed by atoms with Gasteiger partial charge in [0, 0.05) is 13.0 Å². The first-order valence-corrected chi connectivity index (χ1v) is 7.69. The quantitative estimate of drug-likeness (QED) is 0.841. The van der Waals surface area contributed by atoms with E-state index >= 15 is 0 Å². The van der Waals surface area contributed by atoms with Crippen molar-refractivity contribution in [3.63, 3.8) is 0 Å². The topological polar surface area (TPSA) is 49.8 Å². The van der Waals surface area contributed by atoms with Crippen LogP contribution in [0.3, 0.4) is 0 Å². The van der Waals surface area contributed by atoms with Crippen molar-refractivity contribution in [1.82, 2.24) is 4.90 Å². The Bertz CT molecular complexity index is 346. The molecule has 0 spiro atoms. The van der Waals surface area contributed by atoms with Gasteiger partial charge in [-0.15, -0.1) is 0 Å². The van der Waals surface area contributed by atoms with E-state index in [1.165, 1.54) is 25.7 Å². The van der Waals surface area contributed by atoms with Gasteiger partial charge in [0.15, 0.2) is 0 Å². The molecule has 2 aliphatic carbocycles. The maximum absolute atomic E-state index is 12.5. The van der Waals surface area contributed by atoms with Crippen molar-refractivity contribution >= 4 is 5.91 Å². The van der Waals surface area contributed by atoms with Crippen LogP contribution in [0.1, 0.15) is 39.0 Å². The van der Waals surface area contributed by atoms with Gasteiger partial charge in [0.25, 0.3) is 0 Å². The van der Waals surface area contributed by atoms with Gasteiger partial charge in [-0.2, -0.15) is 0 Å². The van der Waals surface area contributed by atoms with Crippen LogP contribution in [-0.2, 0) is 9.53 Å². The normalized spacial score (nSPS) is 41.8. The van der Waals surface area contributed by atoms with E-state index in [1.807, 2.05) is 11.8 Å². The van der Waals surface area contributed by atoms with Gasteiger partial charge >= 0.3 is 0 Å². The van der Waals surface area contributed by atoms with Crippen molar-refractivity contribution in [2.75, 3.05) is 19.8 Å². The molecule has 19 heavy (non-hydrogen) atoms. The van der Waals surface area contributed by atoms with Crippen LogP contribution in [0.4, 0.5) is 0 Å². The highest BCUT2D eigenvalue weighted by Crippen LogP contribution is 2.49. The highest BCUT2D eigenvalue weighted by molar-refractivity contribution is 5.77. The maximum Gasteiger partial charge on any atom is 0.223 e. The van der Waals surface area contributed by atoms with Gasteiger partial charge in [-0.1, -0.05) is 6.42 Å². The van der Waals surface area contributed by atoms with Crippen LogP contribution in [0.25, 0.3) is 0 Å². The van der Waals surface area contributed by atoms with Gasteiger partial charge in [-0.3, -0.25) is 4.79 Å². The number of amides is 1. The molecular formula is C15H25NO3. The molecule has 2 bridgehead atoms. The van der Waals surface area contributed by atoms with Gasteiger partial charge in [0.1, 0.15) is 0 Å². The zero-order valence-electron chi connectivity index (χ0n) is 11.8. The van der Waals surface area contributed by atoms with E-state index in [4.69, 9.17) is 4.74 Å². The van der Waals surface area contributed by atoms with E-state index < -0.39 is 0 Å². The molecule has 108 valence electrons. The Labute approximate surface area is 115 Å². The number of ether oxygens (including phenoxy) is 1. The fourth-order valence-electron chi connectivity index (χ4n) is 4.24. The minimum Gasteiger partial charge on any atom is -0.394 e. The van der Waals surface area contributed by atoms with Crippen LogP contribution in [0.2, 0.25) is 0 Å². The third-order valence-electron chi connectivity index (χ3n) is 5.35. The van der Waals surface area contributed by atoms with Gasteiger partial charge in [-0.25, -0.2) is 0 Å². The molecule has 5 atom stereocenters. The summed E-state index contributed by atoms with van der Waals surface area (Å²) in [5.74, 6) is 2.59. The van der Waals surface area contributed by atoms with Crippen molar-refractivity contribution in [2.24, 2.45) is 17.8 Å². The SMILES string of the molecule is CC1COC(CO)CN1C(=O)CC1CC2CCC1C2. The Kier molecular flexibility index (Phi) is 3.81. The lowest BCUT2D eigenvalue weighted by molar-refractivity contribution is -0.147. The second-order valence-corrected chi connectivity index (χ2v) is 6.67. The van der Waals surface area contributed by atoms with Crippen LogP contribution in [0.5, 0.6) is 0 Å². The molecule has 0 radical (unpaired) electrons. The highest BCUT2D eigenvalue weighted by atomic mass is 16.5. The number of aliphatic hydroxyl groups is 1. The molecule has 5 unspecified atom stereocenters. The number of fused-ring (bicyclic) bond motifs is 2. The minimum atomic E-state index is -0.194.